The maximum absolute atomic E-state index is 11.0. The molecule has 0 saturated heterocycles. The summed E-state index contributed by atoms with van der Waals surface area (Å²) in [6.07, 6.45) is 3.16. The maximum Gasteiger partial charge on any atom is 0.305 e. The lowest BCUT2D eigenvalue weighted by Crippen LogP contribution is -2.29. The standard InChI is InChI=1S/C10H16O3/c1-2-10(12)13-9-5-6-3-7(9)4-8(6)11/h6-9,11H,2-5H2,1H3. The van der Waals surface area contributed by atoms with Gasteiger partial charge in [0.25, 0.3) is 0 Å². The van der Waals surface area contributed by atoms with E-state index in [1.54, 1.807) is 0 Å². The third kappa shape index (κ3) is 1.57. The molecule has 2 aliphatic rings. The molecule has 0 heterocycles. The molecular formula is C10H16O3. The van der Waals surface area contributed by atoms with Gasteiger partial charge < -0.3 is 9.84 Å². The van der Waals surface area contributed by atoms with Crippen molar-refractivity contribution in [2.45, 2.75) is 44.8 Å². The number of carbonyl (C=O) groups excluding carboxylic acids is 1. The van der Waals surface area contributed by atoms with Crippen molar-refractivity contribution in [2.75, 3.05) is 0 Å². The number of esters is 1. The van der Waals surface area contributed by atoms with Gasteiger partial charge in [-0.2, -0.15) is 0 Å². The van der Waals surface area contributed by atoms with Crippen molar-refractivity contribution in [3.05, 3.63) is 0 Å². The second-order valence-corrected chi connectivity index (χ2v) is 4.18. The Morgan fingerprint density at radius 1 is 1.38 bits per heavy atom. The molecule has 74 valence electrons. The Morgan fingerprint density at radius 3 is 2.62 bits per heavy atom. The van der Waals surface area contributed by atoms with Crippen LogP contribution in [0.25, 0.3) is 0 Å². The van der Waals surface area contributed by atoms with E-state index in [0.717, 1.165) is 19.3 Å². The lowest BCUT2D eigenvalue weighted by atomic mass is 9.95. The summed E-state index contributed by atoms with van der Waals surface area (Å²) in [7, 11) is 0. The predicted octanol–water partition coefficient (Wildman–Crippen LogP) is 1.10. The Labute approximate surface area is 78.1 Å². The second kappa shape index (κ2) is 3.29. The number of rotatable bonds is 2. The predicted molar refractivity (Wildman–Crippen MR) is 47.0 cm³/mol. The van der Waals surface area contributed by atoms with Crippen molar-refractivity contribution in [2.24, 2.45) is 11.8 Å². The summed E-state index contributed by atoms with van der Waals surface area (Å²) in [4.78, 5) is 11.0. The summed E-state index contributed by atoms with van der Waals surface area (Å²) in [6.45, 7) is 1.81. The largest absolute Gasteiger partial charge is 0.462 e. The first-order valence-electron chi connectivity index (χ1n) is 5.08. The van der Waals surface area contributed by atoms with Gasteiger partial charge in [0.1, 0.15) is 6.10 Å². The first-order chi connectivity index (χ1) is 6.20. The van der Waals surface area contributed by atoms with Crippen molar-refractivity contribution < 1.29 is 14.6 Å². The number of hydrogen-bond acceptors (Lipinski definition) is 3. The third-order valence-electron chi connectivity index (χ3n) is 3.33. The number of ether oxygens (including phenoxy) is 1. The van der Waals surface area contributed by atoms with E-state index < -0.39 is 0 Å². The number of fused-ring (bicyclic) bond motifs is 2. The van der Waals surface area contributed by atoms with E-state index >= 15 is 0 Å². The van der Waals surface area contributed by atoms with Crippen LogP contribution in [-0.2, 0) is 9.53 Å². The zero-order valence-corrected chi connectivity index (χ0v) is 7.90. The molecule has 0 aromatic carbocycles. The van der Waals surface area contributed by atoms with Gasteiger partial charge in [0.15, 0.2) is 0 Å². The van der Waals surface area contributed by atoms with Crippen LogP contribution in [0.1, 0.15) is 32.6 Å². The maximum atomic E-state index is 11.0. The van der Waals surface area contributed by atoms with Crippen LogP contribution in [0.15, 0.2) is 0 Å². The van der Waals surface area contributed by atoms with Gasteiger partial charge in [-0.1, -0.05) is 6.92 Å². The normalized spacial score (nSPS) is 42.3. The van der Waals surface area contributed by atoms with Crippen molar-refractivity contribution >= 4 is 5.97 Å². The van der Waals surface area contributed by atoms with Gasteiger partial charge in [-0.25, -0.2) is 0 Å². The zero-order chi connectivity index (χ0) is 9.42. The van der Waals surface area contributed by atoms with Crippen LogP contribution in [0.3, 0.4) is 0 Å². The van der Waals surface area contributed by atoms with Gasteiger partial charge in [-0.05, 0) is 31.1 Å². The SMILES string of the molecule is CCC(=O)OC1CC2CC1CC2O. The Kier molecular flexibility index (Phi) is 2.28. The molecule has 0 radical (unpaired) electrons. The van der Waals surface area contributed by atoms with E-state index in [2.05, 4.69) is 0 Å². The number of hydrogen-bond donors (Lipinski definition) is 1. The average Bonchev–Trinajstić information content (AvgIpc) is 2.63. The van der Waals surface area contributed by atoms with Crippen LogP contribution >= 0.6 is 0 Å². The minimum absolute atomic E-state index is 0.0980. The van der Waals surface area contributed by atoms with Crippen LogP contribution in [0.5, 0.6) is 0 Å². The van der Waals surface area contributed by atoms with Gasteiger partial charge in [-0.3, -0.25) is 4.79 Å². The Hall–Kier alpha value is -0.570. The van der Waals surface area contributed by atoms with Gasteiger partial charge in [-0.15, -0.1) is 0 Å². The fourth-order valence-electron chi connectivity index (χ4n) is 2.59. The third-order valence-corrected chi connectivity index (χ3v) is 3.33. The molecule has 0 amide bonds. The summed E-state index contributed by atoms with van der Waals surface area (Å²) in [6, 6.07) is 0. The summed E-state index contributed by atoms with van der Waals surface area (Å²) in [5.74, 6) is 0.710. The second-order valence-electron chi connectivity index (χ2n) is 4.18. The molecular weight excluding hydrogens is 168 g/mol. The number of aliphatic hydroxyl groups excluding tert-OH is 1. The fraction of sp³-hybridized carbons (Fsp3) is 0.900. The highest BCUT2D eigenvalue weighted by Crippen LogP contribution is 2.46. The molecule has 2 bridgehead atoms. The van der Waals surface area contributed by atoms with E-state index in [0.29, 0.717) is 18.3 Å². The smallest absolute Gasteiger partial charge is 0.305 e. The van der Waals surface area contributed by atoms with E-state index in [1.165, 1.54) is 0 Å². The molecule has 2 aliphatic carbocycles. The van der Waals surface area contributed by atoms with Crippen LogP contribution in [0, 0.1) is 11.8 Å². The van der Waals surface area contributed by atoms with Gasteiger partial charge in [0.2, 0.25) is 0 Å². The average molecular weight is 184 g/mol. The first kappa shape index (κ1) is 9.00. The molecule has 0 spiro atoms. The van der Waals surface area contributed by atoms with Gasteiger partial charge >= 0.3 is 5.97 Å². The molecule has 3 nitrogen and oxygen atoms in total. The zero-order valence-electron chi connectivity index (χ0n) is 7.90. The molecule has 2 fully saturated rings. The van der Waals surface area contributed by atoms with Crippen molar-refractivity contribution in [1.29, 1.82) is 0 Å². The summed E-state index contributed by atoms with van der Waals surface area (Å²) >= 11 is 0. The summed E-state index contributed by atoms with van der Waals surface area (Å²) in [5, 5.41) is 9.49. The highest BCUT2D eigenvalue weighted by atomic mass is 16.5. The minimum atomic E-state index is -0.137. The molecule has 4 unspecified atom stereocenters. The highest BCUT2D eigenvalue weighted by Gasteiger charge is 2.46. The molecule has 2 saturated carbocycles. The van der Waals surface area contributed by atoms with Gasteiger partial charge in [0, 0.05) is 6.42 Å². The molecule has 0 aromatic heterocycles. The number of carbonyl (C=O) groups is 1. The summed E-state index contributed by atoms with van der Waals surface area (Å²) in [5.41, 5.74) is 0. The first-order valence-corrected chi connectivity index (χ1v) is 5.08. The van der Waals surface area contributed by atoms with E-state index in [4.69, 9.17) is 4.74 Å². The molecule has 13 heavy (non-hydrogen) atoms. The van der Waals surface area contributed by atoms with E-state index in [9.17, 15) is 9.90 Å². The van der Waals surface area contributed by atoms with Crippen LogP contribution in [0.2, 0.25) is 0 Å². The van der Waals surface area contributed by atoms with Gasteiger partial charge in [0.05, 0.1) is 6.10 Å². The fourth-order valence-corrected chi connectivity index (χ4v) is 2.59. The molecule has 1 N–H and O–H groups in total. The molecule has 0 aliphatic heterocycles. The van der Waals surface area contributed by atoms with Crippen molar-refractivity contribution in [3.8, 4) is 0 Å². The summed E-state index contributed by atoms with van der Waals surface area (Å²) < 4.78 is 5.29. The van der Waals surface area contributed by atoms with Crippen LogP contribution < -0.4 is 0 Å². The van der Waals surface area contributed by atoms with E-state index in [1.807, 2.05) is 6.92 Å². The Bertz CT molecular complexity index is 212. The topological polar surface area (TPSA) is 46.5 Å². The quantitative estimate of drug-likeness (QED) is 0.654. The number of aliphatic hydroxyl groups is 1. The highest BCUT2D eigenvalue weighted by molar-refractivity contribution is 5.69. The molecule has 0 aromatic rings. The van der Waals surface area contributed by atoms with Crippen molar-refractivity contribution in [3.63, 3.8) is 0 Å². The lowest BCUT2D eigenvalue weighted by Gasteiger charge is -2.24. The molecule has 3 heteroatoms. The van der Waals surface area contributed by atoms with Crippen molar-refractivity contribution in [1.82, 2.24) is 0 Å². The monoisotopic (exact) mass is 184 g/mol. The lowest BCUT2D eigenvalue weighted by molar-refractivity contribution is -0.152. The minimum Gasteiger partial charge on any atom is -0.462 e. The molecule has 4 atom stereocenters. The Balaban J connectivity index is 1.88. The molecule has 2 rings (SSSR count). The Morgan fingerprint density at radius 2 is 2.15 bits per heavy atom. The van der Waals surface area contributed by atoms with E-state index in [-0.39, 0.29) is 18.2 Å². The van der Waals surface area contributed by atoms with Crippen LogP contribution in [0.4, 0.5) is 0 Å². The van der Waals surface area contributed by atoms with Crippen LogP contribution in [-0.4, -0.2) is 23.3 Å².